The smallest absolute Gasteiger partial charge is 0.307 e. The van der Waals surface area contributed by atoms with Crippen LogP contribution in [0, 0.1) is 17.0 Å². The molecule has 0 fully saturated rings. The van der Waals surface area contributed by atoms with Gasteiger partial charge < -0.3 is 5.32 Å². The van der Waals surface area contributed by atoms with Gasteiger partial charge in [-0.2, -0.15) is 5.10 Å². The molecule has 0 radical (unpaired) electrons. The van der Waals surface area contributed by atoms with E-state index in [1.54, 1.807) is 18.5 Å². The lowest BCUT2D eigenvalue weighted by atomic mass is 10.00. The van der Waals surface area contributed by atoms with Gasteiger partial charge in [0.25, 0.3) is 0 Å². The fourth-order valence-corrected chi connectivity index (χ4v) is 3.01. The first-order chi connectivity index (χ1) is 13.9. The van der Waals surface area contributed by atoms with Gasteiger partial charge in [0.15, 0.2) is 0 Å². The number of aromatic nitrogens is 2. The Morgan fingerprint density at radius 3 is 2.66 bits per heavy atom. The number of urea groups is 1. The monoisotopic (exact) mass is 397 g/mol. The van der Waals surface area contributed by atoms with Crippen LogP contribution in [0.4, 0.5) is 19.3 Å². The van der Waals surface area contributed by atoms with E-state index in [2.05, 4.69) is 15.5 Å². The number of carbonyl (C=O) groups is 1. The van der Waals surface area contributed by atoms with Gasteiger partial charge >= 0.3 is 6.03 Å². The average molecular weight is 397 g/mol. The number of anilines is 1. The number of H-pyrrole nitrogens is 1. The van der Waals surface area contributed by atoms with Crippen LogP contribution in [0.15, 0.2) is 48.8 Å². The quantitative estimate of drug-likeness (QED) is 0.420. The number of aryl methyl sites for hydroxylation is 1. The highest BCUT2D eigenvalue weighted by atomic mass is 19.1. The predicted molar refractivity (Wildman–Crippen MR) is 108 cm³/mol. The molecule has 8 heteroatoms. The Morgan fingerprint density at radius 2 is 2.00 bits per heavy atom. The van der Waals surface area contributed by atoms with E-state index in [9.17, 15) is 13.6 Å². The number of benzene rings is 2. The number of nitrogens with zero attached hydrogens (tertiary/aromatic N) is 2. The number of nitrogens with one attached hydrogen (secondary N) is 3. The molecule has 0 bridgehead atoms. The molecule has 3 N–H and O–H groups in total. The molecule has 3 rings (SSSR count). The molecule has 0 aliphatic rings. The minimum Gasteiger partial charge on any atom is -0.307 e. The summed E-state index contributed by atoms with van der Waals surface area (Å²) in [7, 11) is 0. The average Bonchev–Trinajstić information content (AvgIpc) is 3.22. The summed E-state index contributed by atoms with van der Waals surface area (Å²) < 4.78 is 27.4. The number of aromatic amines is 1. The van der Waals surface area contributed by atoms with E-state index in [1.807, 2.05) is 19.1 Å². The Morgan fingerprint density at radius 1 is 1.21 bits per heavy atom. The summed E-state index contributed by atoms with van der Waals surface area (Å²) in [6.07, 6.45) is 4.26. The first kappa shape index (κ1) is 20.2. The van der Waals surface area contributed by atoms with Crippen LogP contribution in [0.3, 0.4) is 0 Å². The third kappa shape index (κ3) is 4.66. The maximum absolute atomic E-state index is 14.0. The van der Waals surface area contributed by atoms with Crippen molar-refractivity contribution < 1.29 is 13.6 Å². The zero-order valence-electron chi connectivity index (χ0n) is 16.1. The Bertz CT molecular complexity index is 1030. The number of amidine groups is 1. The molecule has 0 unspecified atom stereocenters. The van der Waals surface area contributed by atoms with Crippen LogP contribution in [0.5, 0.6) is 0 Å². The number of hydrogen-bond acceptors (Lipinski definition) is 3. The second-order valence-corrected chi connectivity index (χ2v) is 6.55. The van der Waals surface area contributed by atoms with Gasteiger partial charge in [0.2, 0.25) is 0 Å². The Balaban J connectivity index is 1.81. The molecule has 2 aromatic carbocycles. The minimum absolute atomic E-state index is 0.00342. The third-order valence-corrected chi connectivity index (χ3v) is 4.53. The Labute approximate surface area is 167 Å². The van der Waals surface area contributed by atoms with Gasteiger partial charge in [-0.15, -0.1) is 0 Å². The number of rotatable bonds is 5. The van der Waals surface area contributed by atoms with Crippen LogP contribution in [-0.4, -0.2) is 27.0 Å². The number of amides is 2. The Hall–Kier alpha value is -3.55. The van der Waals surface area contributed by atoms with Crippen molar-refractivity contribution in [2.45, 2.75) is 26.8 Å². The zero-order chi connectivity index (χ0) is 21.0. The van der Waals surface area contributed by atoms with Crippen molar-refractivity contribution in [3.63, 3.8) is 0 Å². The molecule has 1 heterocycles. The van der Waals surface area contributed by atoms with Crippen molar-refractivity contribution in [2.75, 3.05) is 5.32 Å². The molecule has 0 atom stereocenters. The van der Waals surface area contributed by atoms with E-state index in [-0.39, 0.29) is 17.9 Å². The molecule has 29 heavy (non-hydrogen) atoms. The summed E-state index contributed by atoms with van der Waals surface area (Å²) in [5, 5.41) is 17.3. The van der Waals surface area contributed by atoms with E-state index in [0.717, 1.165) is 46.2 Å². The molecule has 0 saturated carbocycles. The van der Waals surface area contributed by atoms with E-state index < -0.39 is 17.7 Å². The topological polar surface area (TPSA) is 84.9 Å². The first-order valence-electron chi connectivity index (χ1n) is 9.08. The van der Waals surface area contributed by atoms with Crippen molar-refractivity contribution >= 4 is 17.6 Å². The molecule has 150 valence electrons. The van der Waals surface area contributed by atoms with Crippen molar-refractivity contribution in [2.24, 2.45) is 0 Å². The van der Waals surface area contributed by atoms with Crippen LogP contribution >= 0.6 is 0 Å². The lowest BCUT2D eigenvalue weighted by molar-refractivity contribution is 0.231. The zero-order valence-corrected chi connectivity index (χ0v) is 16.1. The largest absolute Gasteiger partial charge is 0.327 e. The van der Waals surface area contributed by atoms with Gasteiger partial charge in [0.05, 0.1) is 12.7 Å². The molecular weight excluding hydrogens is 376 g/mol. The summed E-state index contributed by atoms with van der Waals surface area (Å²) >= 11 is 0. The van der Waals surface area contributed by atoms with Crippen LogP contribution in [0.25, 0.3) is 11.1 Å². The standard InChI is InChI=1S/C21H21F2N5O/c1-3-14-9-18(5-6-19(14)16-10-25-26-11-16)27-21(29)28(13(2)24)12-15-8-17(22)4-7-20(15)23/h4-11,24H,3,12H2,1-2H3,(H,25,26)(H,27,29). The highest BCUT2D eigenvalue weighted by molar-refractivity contribution is 6.01. The molecule has 6 nitrogen and oxygen atoms in total. The second-order valence-electron chi connectivity index (χ2n) is 6.55. The van der Waals surface area contributed by atoms with Crippen molar-refractivity contribution in [3.8, 4) is 11.1 Å². The van der Waals surface area contributed by atoms with Crippen LogP contribution < -0.4 is 5.32 Å². The summed E-state index contributed by atoms with van der Waals surface area (Å²) in [6.45, 7) is 3.17. The van der Waals surface area contributed by atoms with Crippen molar-refractivity contribution in [1.29, 1.82) is 5.41 Å². The van der Waals surface area contributed by atoms with Gasteiger partial charge in [-0.3, -0.25) is 15.4 Å². The Kier molecular flexibility index (Phi) is 6.01. The molecule has 0 saturated heterocycles. The summed E-state index contributed by atoms with van der Waals surface area (Å²) in [6, 6.07) is 7.91. The summed E-state index contributed by atoms with van der Waals surface area (Å²) in [5.41, 5.74) is 3.50. The fraction of sp³-hybridized carbons (Fsp3) is 0.190. The number of carbonyl (C=O) groups excluding carboxylic acids is 1. The van der Waals surface area contributed by atoms with E-state index in [0.29, 0.717) is 5.69 Å². The first-order valence-corrected chi connectivity index (χ1v) is 9.08. The van der Waals surface area contributed by atoms with Crippen LogP contribution in [0.2, 0.25) is 0 Å². The van der Waals surface area contributed by atoms with E-state index >= 15 is 0 Å². The van der Waals surface area contributed by atoms with Gasteiger partial charge in [-0.05, 0) is 54.8 Å². The molecule has 0 aliphatic carbocycles. The van der Waals surface area contributed by atoms with E-state index in [4.69, 9.17) is 5.41 Å². The van der Waals surface area contributed by atoms with Crippen LogP contribution in [0.1, 0.15) is 25.0 Å². The summed E-state index contributed by atoms with van der Waals surface area (Å²) in [4.78, 5) is 13.8. The fourth-order valence-electron chi connectivity index (χ4n) is 3.01. The summed E-state index contributed by atoms with van der Waals surface area (Å²) in [5.74, 6) is -1.33. The molecule has 3 aromatic rings. The van der Waals surface area contributed by atoms with Crippen LogP contribution in [-0.2, 0) is 13.0 Å². The van der Waals surface area contributed by atoms with E-state index in [1.165, 1.54) is 6.92 Å². The SMILES string of the molecule is CCc1cc(NC(=O)N(Cc2cc(F)ccc2F)C(C)=N)ccc1-c1cn[nH]c1. The second kappa shape index (κ2) is 8.64. The van der Waals surface area contributed by atoms with Crippen molar-refractivity contribution in [3.05, 3.63) is 71.6 Å². The van der Waals surface area contributed by atoms with Gasteiger partial charge in [0.1, 0.15) is 17.5 Å². The maximum atomic E-state index is 14.0. The molecule has 1 aromatic heterocycles. The van der Waals surface area contributed by atoms with Crippen molar-refractivity contribution in [1.82, 2.24) is 15.1 Å². The molecular formula is C21H21F2N5O. The van der Waals surface area contributed by atoms with Gasteiger partial charge in [-0.1, -0.05) is 13.0 Å². The third-order valence-electron chi connectivity index (χ3n) is 4.53. The van der Waals surface area contributed by atoms with Gasteiger partial charge in [0, 0.05) is 23.0 Å². The normalized spacial score (nSPS) is 10.6. The highest BCUT2D eigenvalue weighted by Crippen LogP contribution is 2.26. The highest BCUT2D eigenvalue weighted by Gasteiger charge is 2.19. The number of halogens is 2. The molecule has 0 spiro atoms. The predicted octanol–water partition coefficient (Wildman–Crippen LogP) is 4.95. The van der Waals surface area contributed by atoms with Gasteiger partial charge in [-0.25, -0.2) is 13.6 Å². The number of hydrogen-bond donors (Lipinski definition) is 3. The maximum Gasteiger partial charge on any atom is 0.327 e. The lowest BCUT2D eigenvalue weighted by Crippen LogP contribution is -2.38. The molecule has 0 aliphatic heterocycles. The lowest BCUT2D eigenvalue weighted by Gasteiger charge is -2.22. The molecule has 2 amide bonds. The minimum atomic E-state index is -0.636.